The summed E-state index contributed by atoms with van der Waals surface area (Å²) in [7, 11) is 2.08. The summed E-state index contributed by atoms with van der Waals surface area (Å²) in [6, 6.07) is 0.647. The zero-order chi connectivity index (χ0) is 13.1. The van der Waals surface area contributed by atoms with Crippen LogP contribution in [0.4, 0.5) is 0 Å². The largest absolute Gasteiger partial charge is 0.375 e. The van der Waals surface area contributed by atoms with Crippen molar-refractivity contribution >= 4 is 0 Å². The van der Waals surface area contributed by atoms with E-state index in [2.05, 4.69) is 47.0 Å². The van der Waals surface area contributed by atoms with Crippen LogP contribution in [0.2, 0.25) is 0 Å². The molecule has 3 unspecified atom stereocenters. The zero-order valence-electron chi connectivity index (χ0n) is 12.5. The first-order valence-electron chi connectivity index (χ1n) is 7.32. The topological polar surface area (TPSA) is 21.3 Å². The number of hydrogen-bond donors (Lipinski definition) is 1. The summed E-state index contributed by atoms with van der Waals surface area (Å²) in [4.78, 5) is 0. The minimum absolute atomic E-state index is 0.375. The van der Waals surface area contributed by atoms with Gasteiger partial charge in [0.15, 0.2) is 0 Å². The lowest BCUT2D eigenvalue weighted by Crippen LogP contribution is -2.63. The highest BCUT2D eigenvalue weighted by Crippen LogP contribution is 2.49. The van der Waals surface area contributed by atoms with E-state index in [9.17, 15) is 0 Å². The van der Waals surface area contributed by atoms with E-state index in [1.807, 2.05) is 0 Å². The molecule has 3 atom stereocenters. The van der Waals surface area contributed by atoms with Crippen molar-refractivity contribution in [3.05, 3.63) is 0 Å². The molecule has 1 aliphatic carbocycles. The van der Waals surface area contributed by atoms with Gasteiger partial charge in [0.2, 0.25) is 0 Å². The van der Waals surface area contributed by atoms with Gasteiger partial charge in [0.1, 0.15) is 0 Å². The van der Waals surface area contributed by atoms with Crippen LogP contribution in [0.3, 0.4) is 0 Å². The summed E-state index contributed by atoms with van der Waals surface area (Å²) in [5, 5.41) is 3.46. The van der Waals surface area contributed by atoms with Crippen LogP contribution in [0.15, 0.2) is 0 Å². The van der Waals surface area contributed by atoms with Crippen molar-refractivity contribution in [1.29, 1.82) is 0 Å². The van der Waals surface area contributed by atoms with Crippen molar-refractivity contribution in [2.24, 2.45) is 11.3 Å². The quantitative estimate of drug-likeness (QED) is 0.735. The van der Waals surface area contributed by atoms with Crippen LogP contribution in [-0.4, -0.2) is 25.3 Å². The fourth-order valence-corrected chi connectivity index (χ4v) is 3.54. The minimum Gasteiger partial charge on any atom is -0.375 e. The van der Waals surface area contributed by atoms with Crippen LogP contribution < -0.4 is 5.32 Å². The molecule has 1 saturated carbocycles. The Morgan fingerprint density at radius 3 is 2.24 bits per heavy atom. The first kappa shape index (κ1) is 15.0. The molecular weight excluding hydrogens is 210 g/mol. The van der Waals surface area contributed by atoms with E-state index in [1.54, 1.807) is 0 Å². The number of rotatable bonds is 7. The molecule has 0 spiro atoms. The molecule has 2 heteroatoms. The number of ether oxygens (including phenoxy) is 1. The predicted molar refractivity (Wildman–Crippen MR) is 74.3 cm³/mol. The average molecular weight is 241 g/mol. The summed E-state index contributed by atoms with van der Waals surface area (Å²) >= 11 is 0. The van der Waals surface area contributed by atoms with E-state index in [-0.39, 0.29) is 0 Å². The van der Waals surface area contributed by atoms with Crippen molar-refractivity contribution in [2.75, 3.05) is 7.05 Å². The molecule has 0 heterocycles. The highest BCUT2D eigenvalue weighted by Gasteiger charge is 2.53. The average Bonchev–Trinajstić information content (AvgIpc) is 2.24. The molecule has 0 radical (unpaired) electrons. The van der Waals surface area contributed by atoms with E-state index < -0.39 is 0 Å². The molecule has 0 aromatic rings. The van der Waals surface area contributed by atoms with Crippen LogP contribution in [0.1, 0.15) is 60.3 Å². The highest BCUT2D eigenvalue weighted by molar-refractivity contribution is 5.06. The summed E-state index contributed by atoms with van der Waals surface area (Å²) in [5.41, 5.74) is 0.375. The third-order valence-corrected chi connectivity index (χ3v) is 4.65. The number of nitrogens with one attached hydrogen (secondary N) is 1. The second-order valence-electron chi connectivity index (χ2n) is 6.08. The molecule has 0 aromatic heterocycles. The van der Waals surface area contributed by atoms with E-state index in [4.69, 9.17) is 4.74 Å². The lowest BCUT2D eigenvalue weighted by atomic mass is 9.58. The summed E-state index contributed by atoms with van der Waals surface area (Å²) in [6.45, 7) is 11.4. The number of hydrogen-bond acceptors (Lipinski definition) is 2. The van der Waals surface area contributed by atoms with Crippen LogP contribution in [0.25, 0.3) is 0 Å². The predicted octanol–water partition coefficient (Wildman–Crippen LogP) is 3.60. The minimum atomic E-state index is 0.375. The molecule has 102 valence electrons. The van der Waals surface area contributed by atoms with Crippen LogP contribution in [0, 0.1) is 11.3 Å². The summed E-state index contributed by atoms with van der Waals surface area (Å²) < 4.78 is 6.29. The van der Waals surface area contributed by atoms with Crippen molar-refractivity contribution in [3.8, 4) is 0 Å². The molecule has 0 saturated heterocycles. The van der Waals surface area contributed by atoms with Crippen molar-refractivity contribution in [3.63, 3.8) is 0 Å². The smallest absolute Gasteiger partial charge is 0.0664 e. The third kappa shape index (κ3) is 3.03. The maximum Gasteiger partial charge on any atom is 0.0664 e. The maximum atomic E-state index is 6.29. The lowest BCUT2D eigenvalue weighted by Gasteiger charge is -2.56. The first-order chi connectivity index (χ1) is 8.00. The molecule has 1 N–H and O–H groups in total. The second-order valence-corrected chi connectivity index (χ2v) is 6.08. The summed E-state index contributed by atoms with van der Waals surface area (Å²) in [6.07, 6.45) is 5.64. The Kier molecular flexibility index (Phi) is 5.46. The van der Waals surface area contributed by atoms with Gasteiger partial charge in [0.25, 0.3) is 0 Å². The van der Waals surface area contributed by atoms with Crippen LogP contribution >= 0.6 is 0 Å². The Morgan fingerprint density at radius 1 is 1.24 bits per heavy atom. The molecule has 0 amide bonds. The molecule has 0 aromatic carbocycles. The van der Waals surface area contributed by atoms with Crippen molar-refractivity contribution in [2.45, 2.75) is 78.6 Å². The molecule has 0 aliphatic heterocycles. The van der Waals surface area contributed by atoms with Crippen LogP contribution in [0.5, 0.6) is 0 Å². The molecule has 1 aliphatic rings. The van der Waals surface area contributed by atoms with Gasteiger partial charge in [0, 0.05) is 11.5 Å². The SMILES string of the molecule is CCC1(CC)C(NC)CC1OC(C)CC(C)C. The normalized spacial score (nSPS) is 29.1. The Bertz CT molecular complexity index is 223. The van der Waals surface area contributed by atoms with E-state index in [0.29, 0.717) is 23.7 Å². The highest BCUT2D eigenvalue weighted by atomic mass is 16.5. The Balaban J connectivity index is 2.55. The van der Waals surface area contributed by atoms with E-state index >= 15 is 0 Å². The third-order valence-electron chi connectivity index (χ3n) is 4.65. The standard InChI is InChI=1S/C15H31NO/c1-7-15(8-2)13(16-6)10-14(15)17-12(5)9-11(3)4/h11-14,16H,7-10H2,1-6H3. The maximum absolute atomic E-state index is 6.29. The first-order valence-corrected chi connectivity index (χ1v) is 7.32. The molecule has 1 fully saturated rings. The fourth-order valence-electron chi connectivity index (χ4n) is 3.54. The molecule has 0 bridgehead atoms. The Hall–Kier alpha value is -0.0800. The second kappa shape index (κ2) is 6.19. The molecule has 1 rings (SSSR count). The Labute approximate surface area is 108 Å². The van der Waals surface area contributed by atoms with Gasteiger partial charge < -0.3 is 10.1 Å². The van der Waals surface area contributed by atoms with Gasteiger partial charge in [-0.2, -0.15) is 0 Å². The summed E-state index contributed by atoms with van der Waals surface area (Å²) in [5.74, 6) is 0.725. The molecule has 17 heavy (non-hydrogen) atoms. The van der Waals surface area contributed by atoms with Gasteiger partial charge in [-0.3, -0.25) is 0 Å². The van der Waals surface area contributed by atoms with Crippen LogP contribution in [-0.2, 0) is 4.74 Å². The zero-order valence-corrected chi connectivity index (χ0v) is 12.5. The van der Waals surface area contributed by atoms with Gasteiger partial charge in [0.05, 0.1) is 12.2 Å². The molecule has 2 nitrogen and oxygen atoms in total. The fraction of sp³-hybridized carbons (Fsp3) is 1.00. The van der Waals surface area contributed by atoms with Gasteiger partial charge in [-0.15, -0.1) is 0 Å². The Morgan fingerprint density at radius 2 is 1.82 bits per heavy atom. The van der Waals surface area contributed by atoms with Crippen molar-refractivity contribution in [1.82, 2.24) is 5.32 Å². The van der Waals surface area contributed by atoms with Gasteiger partial charge >= 0.3 is 0 Å². The van der Waals surface area contributed by atoms with Crippen molar-refractivity contribution < 1.29 is 4.74 Å². The van der Waals surface area contributed by atoms with Gasteiger partial charge in [-0.25, -0.2) is 0 Å². The van der Waals surface area contributed by atoms with E-state index in [1.165, 1.54) is 25.7 Å². The lowest BCUT2D eigenvalue weighted by molar-refractivity contribution is -0.164. The molecular formula is C15H31NO. The van der Waals surface area contributed by atoms with Gasteiger partial charge in [-0.05, 0) is 45.6 Å². The van der Waals surface area contributed by atoms with E-state index in [0.717, 1.165) is 5.92 Å². The van der Waals surface area contributed by atoms with Gasteiger partial charge in [-0.1, -0.05) is 27.7 Å². The monoisotopic (exact) mass is 241 g/mol.